The average molecular weight is 410 g/mol. The van der Waals surface area contributed by atoms with Crippen molar-refractivity contribution in [2.24, 2.45) is 0 Å². The normalized spacial score (nSPS) is 11.9. The molecule has 166 valence electrons. The van der Waals surface area contributed by atoms with Gasteiger partial charge in [-0.2, -0.15) is 0 Å². The average Bonchev–Trinajstić information content (AvgIpc) is 2.57. The van der Waals surface area contributed by atoms with Crippen LogP contribution in [0.25, 0.3) is 0 Å². The minimum atomic E-state index is -4.41. The van der Waals surface area contributed by atoms with Crippen molar-refractivity contribution in [1.29, 1.82) is 0 Å². The van der Waals surface area contributed by atoms with Crippen LogP contribution in [-0.4, -0.2) is 25.6 Å². The Hall–Kier alpha value is -0.170. The quantitative estimate of drug-likeness (QED) is 0.199. The number of quaternary nitrogens is 1. The Morgan fingerprint density at radius 1 is 0.741 bits per heavy atom. The van der Waals surface area contributed by atoms with E-state index in [1.807, 2.05) is 0 Å². The van der Waals surface area contributed by atoms with Gasteiger partial charge in [0.25, 0.3) is 0 Å². The van der Waals surface area contributed by atoms with Crippen LogP contribution in [0.3, 0.4) is 0 Å². The fraction of sp³-hybridized carbons (Fsp3) is 1.00. The second-order valence-electron chi connectivity index (χ2n) is 8.44. The molecule has 0 rings (SSSR count). The molecule has 0 fully saturated rings. The predicted octanol–water partition coefficient (Wildman–Crippen LogP) is 5.36. The third-order valence-electron chi connectivity index (χ3n) is 4.66. The van der Waals surface area contributed by atoms with Gasteiger partial charge in [-0.1, -0.05) is 96.8 Å². The Morgan fingerprint density at radius 3 is 1.22 bits per heavy atom. The zero-order chi connectivity index (χ0) is 21.0. The Balaban J connectivity index is 0. The molecule has 0 aromatic rings. The topological polar surface area (TPSA) is 94.1 Å². The van der Waals surface area contributed by atoms with Crippen LogP contribution in [0.15, 0.2) is 0 Å². The zero-order valence-electron chi connectivity index (χ0n) is 18.6. The van der Waals surface area contributed by atoms with Crippen LogP contribution in [-0.2, 0) is 14.6 Å². The van der Waals surface area contributed by atoms with E-state index in [2.05, 4.69) is 30.7 Å². The molecule has 5 nitrogen and oxygen atoms in total. The summed E-state index contributed by atoms with van der Waals surface area (Å²) in [5.41, 5.74) is 4.46. The molecule has 0 aromatic carbocycles. The SMILES string of the molecule is CCCCCCCCCCCCCCCCCC(C)(C)[NH3+].COS(=O)(=O)[O-]. The van der Waals surface area contributed by atoms with Gasteiger partial charge >= 0.3 is 0 Å². The van der Waals surface area contributed by atoms with Crippen molar-refractivity contribution in [3.63, 3.8) is 0 Å². The lowest BCUT2D eigenvalue weighted by molar-refractivity contribution is -0.467. The minimum absolute atomic E-state index is 0.288. The lowest BCUT2D eigenvalue weighted by Crippen LogP contribution is -2.68. The third kappa shape index (κ3) is 33.8. The van der Waals surface area contributed by atoms with E-state index < -0.39 is 10.4 Å². The van der Waals surface area contributed by atoms with Gasteiger partial charge in [-0.05, 0) is 20.3 Å². The van der Waals surface area contributed by atoms with Gasteiger partial charge in [0.15, 0.2) is 0 Å². The first-order valence-electron chi connectivity index (χ1n) is 11.0. The molecule has 27 heavy (non-hydrogen) atoms. The van der Waals surface area contributed by atoms with Crippen molar-refractivity contribution >= 4 is 10.4 Å². The highest BCUT2D eigenvalue weighted by Gasteiger charge is 2.13. The van der Waals surface area contributed by atoms with Crippen molar-refractivity contribution in [1.82, 2.24) is 0 Å². The van der Waals surface area contributed by atoms with Crippen molar-refractivity contribution in [2.45, 2.75) is 129 Å². The molecule has 0 bridgehead atoms. The maximum atomic E-state index is 9.22. The van der Waals surface area contributed by atoms with Crippen molar-refractivity contribution in [3.05, 3.63) is 0 Å². The van der Waals surface area contributed by atoms with Crippen molar-refractivity contribution in [3.8, 4) is 0 Å². The Labute approximate surface area is 169 Å². The summed E-state index contributed by atoms with van der Waals surface area (Å²) in [6.07, 6.45) is 23.0. The molecule has 0 heterocycles. The molecule has 0 saturated heterocycles. The summed E-state index contributed by atoms with van der Waals surface area (Å²) < 4.78 is 31.0. The monoisotopic (exact) mass is 409 g/mol. The molecule has 0 spiro atoms. The second-order valence-corrected chi connectivity index (χ2v) is 9.59. The Kier molecular flexibility index (Phi) is 20.6. The molecule has 0 aromatic heterocycles. The Morgan fingerprint density at radius 2 is 1.00 bits per heavy atom. The summed E-state index contributed by atoms with van der Waals surface area (Å²) in [7, 11) is -3.60. The van der Waals surface area contributed by atoms with Crippen LogP contribution in [0.1, 0.15) is 124 Å². The molecular weight excluding hydrogens is 362 g/mol. The van der Waals surface area contributed by atoms with Crippen LogP contribution in [0.2, 0.25) is 0 Å². The van der Waals surface area contributed by atoms with Crippen LogP contribution >= 0.6 is 0 Å². The van der Waals surface area contributed by atoms with Gasteiger partial charge in [-0.15, -0.1) is 0 Å². The van der Waals surface area contributed by atoms with E-state index in [0.29, 0.717) is 0 Å². The van der Waals surface area contributed by atoms with Crippen molar-refractivity contribution < 1.29 is 22.9 Å². The molecule has 0 saturated carbocycles. The van der Waals surface area contributed by atoms with E-state index >= 15 is 0 Å². The molecule has 0 unspecified atom stereocenters. The number of unbranched alkanes of at least 4 members (excludes halogenated alkanes) is 14. The maximum absolute atomic E-state index is 9.22. The number of rotatable bonds is 17. The van der Waals surface area contributed by atoms with E-state index in [-0.39, 0.29) is 5.54 Å². The predicted molar refractivity (Wildman–Crippen MR) is 113 cm³/mol. The molecule has 3 N–H and O–H groups in total. The molecule has 0 aliphatic heterocycles. The smallest absolute Gasteiger partial charge is 0.217 e. The first-order chi connectivity index (χ1) is 12.6. The summed E-state index contributed by atoms with van der Waals surface area (Å²) in [6, 6.07) is 0. The van der Waals surface area contributed by atoms with Crippen LogP contribution in [0.5, 0.6) is 0 Å². The fourth-order valence-electron chi connectivity index (χ4n) is 2.97. The van der Waals surface area contributed by atoms with Gasteiger partial charge in [-0.3, -0.25) is 4.18 Å². The summed E-state index contributed by atoms with van der Waals surface area (Å²) in [5.74, 6) is 0. The maximum Gasteiger partial charge on any atom is 0.217 e. The molecule has 6 heteroatoms. The van der Waals surface area contributed by atoms with Gasteiger partial charge in [-0.25, -0.2) is 8.42 Å². The summed E-state index contributed by atoms with van der Waals surface area (Å²) in [4.78, 5) is 0. The van der Waals surface area contributed by atoms with Crippen molar-refractivity contribution in [2.75, 3.05) is 7.11 Å². The number of hydrogen-bond acceptors (Lipinski definition) is 4. The van der Waals surface area contributed by atoms with E-state index in [0.717, 1.165) is 7.11 Å². The Bertz CT molecular complexity index is 391. The van der Waals surface area contributed by atoms with Crippen LogP contribution in [0, 0.1) is 0 Å². The van der Waals surface area contributed by atoms with E-state index in [9.17, 15) is 13.0 Å². The molecular formula is C21H47NO4S. The first kappa shape index (κ1) is 29.0. The van der Waals surface area contributed by atoms with Gasteiger partial charge in [0.1, 0.15) is 0 Å². The van der Waals surface area contributed by atoms with Gasteiger partial charge < -0.3 is 10.3 Å². The zero-order valence-corrected chi connectivity index (χ0v) is 19.4. The van der Waals surface area contributed by atoms with Gasteiger partial charge in [0.05, 0.1) is 12.6 Å². The van der Waals surface area contributed by atoms with Gasteiger partial charge in [0.2, 0.25) is 10.4 Å². The number of hydrogen-bond donors (Lipinski definition) is 1. The van der Waals surface area contributed by atoms with E-state index in [1.54, 1.807) is 0 Å². The summed E-state index contributed by atoms with van der Waals surface area (Å²) in [5, 5.41) is 0. The third-order valence-corrected chi connectivity index (χ3v) is 5.07. The molecule has 0 aliphatic carbocycles. The van der Waals surface area contributed by atoms with Gasteiger partial charge in [0, 0.05) is 6.42 Å². The molecule has 0 radical (unpaired) electrons. The van der Waals surface area contributed by atoms with Crippen LogP contribution < -0.4 is 5.73 Å². The van der Waals surface area contributed by atoms with Crippen LogP contribution in [0.4, 0.5) is 0 Å². The highest BCUT2D eigenvalue weighted by atomic mass is 32.3. The highest BCUT2D eigenvalue weighted by molar-refractivity contribution is 7.80. The lowest BCUT2D eigenvalue weighted by atomic mass is 9.97. The molecule has 0 aliphatic rings. The lowest BCUT2D eigenvalue weighted by Gasteiger charge is -2.13. The molecule has 0 atom stereocenters. The summed E-state index contributed by atoms with van der Waals surface area (Å²) in [6.45, 7) is 6.79. The standard InChI is InChI=1S/C20H43N.CH4O4S/c1-4-5-6-7-8-9-10-11-12-13-14-15-16-17-18-19-20(2,3)21;1-5-6(2,3)4/h4-19,21H2,1-3H3;1H3,(H,2,3,4). The largest absolute Gasteiger partial charge is 0.726 e. The first-order valence-corrected chi connectivity index (χ1v) is 12.3. The molecule has 0 amide bonds. The fourth-order valence-corrected chi connectivity index (χ4v) is 2.97. The van der Waals surface area contributed by atoms with E-state index in [1.165, 1.54) is 103 Å². The second kappa shape index (κ2) is 19.2. The summed E-state index contributed by atoms with van der Waals surface area (Å²) >= 11 is 0. The highest BCUT2D eigenvalue weighted by Crippen LogP contribution is 2.14. The van der Waals surface area contributed by atoms with E-state index in [4.69, 9.17) is 0 Å². The minimum Gasteiger partial charge on any atom is -0.726 e.